The van der Waals surface area contributed by atoms with Crippen LogP contribution in [0.2, 0.25) is 0 Å². The summed E-state index contributed by atoms with van der Waals surface area (Å²) in [5.74, 6) is 0.0269. The molecule has 0 radical (unpaired) electrons. The summed E-state index contributed by atoms with van der Waals surface area (Å²) in [4.78, 5) is 16.2. The van der Waals surface area contributed by atoms with Crippen molar-refractivity contribution in [3.05, 3.63) is 29.6 Å². The number of esters is 1. The van der Waals surface area contributed by atoms with Crippen LogP contribution in [-0.2, 0) is 16.1 Å². The number of aromatic nitrogens is 1. The zero-order valence-electron chi connectivity index (χ0n) is 12.4. The molecule has 0 amide bonds. The second kappa shape index (κ2) is 7.39. The first-order valence-electron chi connectivity index (χ1n) is 7.51. The molecule has 2 atom stereocenters. The summed E-state index contributed by atoms with van der Waals surface area (Å²) in [5.41, 5.74) is 2.29. The van der Waals surface area contributed by atoms with Crippen LogP contribution in [0.4, 0.5) is 0 Å². The molecular formula is C16H24N2O2. The highest BCUT2D eigenvalue weighted by Crippen LogP contribution is 2.25. The fourth-order valence-corrected chi connectivity index (χ4v) is 2.79. The molecule has 1 saturated carbocycles. The van der Waals surface area contributed by atoms with Crippen molar-refractivity contribution >= 4 is 5.97 Å². The molecule has 2 unspecified atom stereocenters. The average Bonchev–Trinajstić information content (AvgIpc) is 2.47. The number of pyridine rings is 1. The van der Waals surface area contributed by atoms with Gasteiger partial charge < -0.3 is 10.1 Å². The molecule has 1 N–H and O–H groups in total. The van der Waals surface area contributed by atoms with Crippen LogP contribution in [0.3, 0.4) is 0 Å². The van der Waals surface area contributed by atoms with Crippen molar-refractivity contribution in [1.82, 2.24) is 10.3 Å². The van der Waals surface area contributed by atoms with Crippen LogP contribution in [0.1, 0.15) is 43.9 Å². The number of hydrogen-bond donors (Lipinski definition) is 1. The molecule has 20 heavy (non-hydrogen) atoms. The van der Waals surface area contributed by atoms with Crippen LogP contribution < -0.4 is 5.32 Å². The van der Waals surface area contributed by atoms with E-state index < -0.39 is 0 Å². The number of hydrogen-bond acceptors (Lipinski definition) is 4. The van der Waals surface area contributed by atoms with E-state index in [9.17, 15) is 4.79 Å². The smallest absolute Gasteiger partial charge is 0.308 e. The van der Waals surface area contributed by atoms with Gasteiger partial charge in [0.1, 0.15) is 0 Å². The van der Waals surface area contributed by atoms with E-state index in [1.54, 1.807) is 0 Å². The van der Waals surface area contributed by atoms with Crippen molar-refractivity contribution in [2.24, 2.45) is 5.92 Å². The molecule has 1 aromatic heterocycles. The number of ether oxygens (including phenoxy) is 1. The highest BCUT2D eigenvalue weighted by atomic mass is 16.5. The van der Waals surface area contributed by atoms with Gasteiger partial charge >= 0.3 is 5.97 Å². The van der Waals surface area contributed by atoms with E-state index in [-0.39, 0.29) is 11.9 Å². The average molecular weight is 276 g/mol. The van der Waals surface area contributed by atoms with Gasteiger partial charge in [0.05, 0.1) is 18.2 Å². The molecule has 1 heterocycles. The highest BCUT2D eigenvalue weighted by molar-refractivity contribution is 5.72. The lowest BCUT2D eigenvalue weighted by molar-refractivity contribution is -0.149. The molecule has 0 aliphatic heterocycles. The summed E-state index contributed by atoms with van der Waals surface area (Å²) in [6, 6.07) is 4.42. The van der Waals surface area contributed by atoms with Gasteiger partial charge in [0.15, 0.2) is 0 Å². The van der Waals surface area contributed by atoms with E-state index in [0.717, 1.165) is 37.9 Å². The Balaban J connectivity index is 1.84. The SMILES string of the molecule is CCOC(=O)C1CCCC(NCc2ncccc2C)C1. The maximum absolute atomic E-state index is 11.8. The predicted octanol–water partition coefficient (Wildman–Crippen LogP) is 2.60. The Bertz CT molecular complexity index is 448. The van der Waals surface area contributed by atoms with Crippen molar-refractivity contribution < 1.29 is 9.53 Å². The van der Waals surface area contributed by atoms with Crippen LogP contribution in [0, 0.1) is 12.8 Å². The Hall–Kier alpha value is -1.42. The third-order valence-corrected chi connectivity index (χ3v) is 3.97. The first-order chi connectivity index (χ1) is 9.70. The fourth-order valence-electron chi connectivity index (χ4n) is 2.79. The number of carbonyl (C=O) groups is 1. The standard InChI is InChI=1S/C16H24N2O2/c1-3-20-16(19)13-7-4-8-14(10-13)18-11-15-12(2)6-5-9-17-15/h5-6,9,13-14,18H,3-4,7-8,10-11H2,1-2H3. The fraction of sp³-hybridized carbons (Fsp3) is 0.625. The molecule has 4 heteroatoms. The van der Waals surface area contributed by atoms with Crippen LogP contribution in [0.5, 0.6) is 0 Å². The van der Waals surface area contributed by atoms with Gasteiger partial charge in [-0.25, -0.2) is 0 Å². The van der Waals surface area contributed by atoms with E-state index in [1.165, 1.54) is 5.56 Å². The largest absolute Gasteiger partial charge is 0.466 e. The molecular weight excluding hydrogens is 252 g/mol. The lowest BCUT2D eigenvalue weighted by Crippen LogP contribution is -2.36. The molecule has 0 bridgehead atoms. The Morgan fingerprint density at radius 2 is 2.35 bits per heavy atom. The Morgan fingerprint density at radius 1 is 1.50 bits per heavy atom. The lowest BCUT2D eigenvalue weighted by atomic mass is 9.85. The number of rotatable bonds is 5. The number of aryl methyl sites for hydroxylation is 1. The van der Waals surface area contributed by atoms with Gasteiger partial charge in [-0.1, -0.05) is 12.5 Å². The molecule has 1 aliphatic carbocycles. The highest BCUT2D eigenvalue weighted by Gasteiger charge is 2.27. The molecule has 0 saturated heterocycles. The minimum atomic E-state index is -0.0342. The van der Waals surface area contributed by atoms with Crippen molar-refractivity contribution in [2.45, 2.75) is 52.1 Å². The van der Waals surface area contributed by atoms with Crippen LogP contribution in [-0.4, -0.2) is 23.6 Å². The summed E-state index contributed by atoms with van der Waals surface area (Å²) in [6.07, 6.45) is 5.88. The molecule has 1 aromatic rings. The third kappa shape index (κ3) is 4.04. The molecule has 0 aromatic carbocycles. The molecule has 1 fully saturated rings. The second-order valence-electron chi connectivity index (χ2n) is 5.46. The van der Waals surface area contributed by atoms with E-state index in [4.69, 9.17) is 4.74 Å². The summed E-state index contributed by atoms with van der Waals surface area (Å²) in [7, 11) is 0. The van der Waals surface area contributed by atoms with Crippen LogP contribution >= 0.6 is 0 Å². The number of nitrogens with one attached hydrogen (secondary N) is 1. The normalized spacial score (nSPS) is 22.5. The van der Waals surface area contributed by atoms with Crippen molar-refractivity contribution in [2.75, 3.05) is 6.61 Å². The monoisotopic (exact) mass is 276 g/mol. The maximum Gasteiger partial charge on any atom is 0.308 e. The number of carbonyl (C=O) groups excluding carboxylic acids is 1. The Labute approximate surface area is 120 Å². The van der Waals surface area contributed by atoms with Crippen molar-refractivity contribution in [1.29, 1.82) is 0 Å². The summed E-state index contributed by atoms with van der Waals surface area (Å²) >= 11 is 0. The third-order valence-electron chi connectivity index (χ3n) is 3.97. The van der Waals surface area contributed by atoms with Crippen molar-refractivity contribution in [3.8, 4) is 0 Å². The summed E-state index contributed by atoms with van der Waals surface area (Å²) < 4.78 is 5.13. The molecule has 1 aliphatic rings. The molecule has 2 rings (SSSR count). The Morgan fingerprint density at radius 3 is 3.10 bits per heavy atom. The first kappa shape index (κ1) is 15.0. The molecule has 0 spiro atoms. The molecule has 110 valence electrons. The molecule has 4 nitrogen and oxygen atoms in total. The predicted molar refractivity (Wildman–Crippen MR) is 78.2 cm³/mol. The van der Waals surface area contributed by atoms with Crippen LogP contribution in [0.15, 0.2) is 18.3 Å². The Kier molecular flexibility index (Phi) is 5.53. The number of nitrogens with zero attached hydrogens (tertiary/aromatic N) is 1. The van der Waals surface area contributed by atoms with Gasteiger partial charge in [-0.05, 0) is 44.7 Å². The zero-order chi connectivity index (χ0) is 14.4. The minimum absolute atomic E-state index is 0.0342. The van der Waals surface area contributed by atoms with Gasteiger partial charge in [-0.3, -0.25) is 9.78 Å². The second-order valence-corrected chi connectivity index (χ2v) is 5.46. The van der Waals surface area contributed by atoms with Crippen LogP contribution in [0.25, 0.3) is 0 Å². The van der Waals surface area contributed by atoms with E-state index in [1.807, 2.05) is 19.2 Å². The van der Waals surface area contributed by atoms with E-state index in [2.05, 4.69) is 23.3 Å². The van der Waals surface area contributed by atoms with Crippen molar-refractivity contribution in [3.63, 3.8) is 0 Å². The van der Waals surface area contributed by atoms with Gasteiger partial charge in [-0.15, -0.1) is 0 Å². The lowest BCUT2D eigenvalue weighted by Gasteiger charge is -2.28. The zero-order valence-corrected chi connectivity index (χ0v) is 12.4. The minimum Gasteiger partial charge on any atom is -0.466 e. The first-order valence-corrected chi connectivity index (χ1v) is 7.51. The summed E-state index contributed by atoms with van der Waals surface area (Å²) in [5, 5.41) is 3.54. The van der Waals surface area contributed by atoms with Gasteiger partial charge in [0.25, 0.3) is 0 Å². The van der Waals surface area contributed by atoms with Gasteiger partial charge in [-0.2, -0.15) is 0 Å². The maximum atomic E-state index is 11.8. The van der Waals surface area contributed by atoms with Gasteiger partial charge in [0.2, 0.25) is 0 Å². The quantitative estimate of drug-likeness (QED) is 0.840. The van der Waals surface area contributed by atoms with E-state index >= 15 is 0 Å². The topological polar surface area (TPSA) is 51.2 Å². The van der Waals surface area contributed by atoms with Gasteiger partial charge in [0, 0.05) is 18.8 Å². The summed E-state index contributed by atoms with van der Waals surface area (Å²) in [6.45, 7) is 5.18. The van der Waals surface area contributed by atoms with E-state index in [0.29, 0.717) is 12.6 Å².